The maximum absolute atomic E-state index is 11.9. The van der Waals surface area contributed by atoms with Gasteiger partial charge in [0.1, 0.15) is 6.04 Å². The van der Waals surface area contributed by atoms with E-state index in [0.29, 0.717) is 0 Å². The maximum Gasteiger partial charge on any atom is 0.324 e. The lowest BCUT2D eigenvalue weighted by Crippen LogP contribution is -2.41. The second kappa shape index (κ2) is 6.27. The molecule has 18 heavy (non-hydrogen) atoms. The fourth-order valence-electron chi connectivity index (χ4n) is 1.26. The van der Waals surface area contributed by atoms with Gasteiger partial charge in [0, 0.05) is 6.20 Å². The van der Waals surface area contributed by atoms with Gasteiger partial charge in [-0.1, -0.05) is 12.1 Å². The minimum Gasteiger partial charge on any atom is -0.468 e. The van der Waals surface area contributed by atoms with Crippen LogP contribution in [0.4, 0.5) is 0 Å². The van der Waals surface area contributed by atoms with Crippen LogP contribution in [-0.2, 0) is 19.6 Å². The Labute approximate surface area is 106 Å². The second-order valence-electron chi connectivity index (χ2n) is 3.39. The highest BCUT2D eigenvalue weighted by Crippen LogP contribution is 2.07. The number of methoxy groups -OCH3 is 1. The van der Waals surface area contributed by atoms with E-state index in [-0.39, 0.29) is 11.4 Å². The lowest BCUT2D eigenvalue weighted by molar-refractivity contribution is -0.142. The number of hydrogen-bond acceptors (Lipinski definition) is 5. The first-order valence-corrected chi connectivity index (χ1v) is 6.61. The Hall–Kier alpha value is -1.73. The molecular weight excluding hydrogens is 256 g/mol. The molecule has 1 atom stereocenters. The molecule has 1 heterocycles. The van der Waals surface area contributed by atoms with Crippen LogP contribution < -0.4 is 4.72 Å². The van der Waals surface area contributed by atoms with E-state index in [1.807, 2.05) is 0 Å². The summed E-state index contributed by atoms with van der Waals surface area (Å²) in [6, 6.07) is 3.48. The predicted molar refractivity (Wildman–Crippen MR) is 65.2 cm³/mol. The van der Waals surface area contributed by atoms with Crippen molar-refractivity contribution >= 4 is 16.0 Å². The summed E-state index contributed by atoms with van der Waals surface area (Å²) in [6.45, 7) is 3.46. The molecule has 0 amide bonds. The zero-order valence-corrected chi connectivity index (χ0v) is 10.7. The van der Waals surface area contributed by atoms with Gasteiger partial charge in [-0.05, 0) is 18.6 Å². The van der Waals surface area contributed by atoms with E-state index in [0.717, 1.165) is 0 Å². The molecule has 0 saturated carbocycles. The number of pyridine rings is 1. The molecule has 6 nitrogen and oxygen atoms in total. The van der Waals surface area contributed by atoms with E-state index >= 15 is 0 Å². The normalized spacial score (nSPS) is 12.7. The highest BCUT2D eigenvalue weighted by Gasteiger charge is 2.25. The number of carbonyl (C=O) groups is 1. The Balaban J connectivity index is 2.93. The van der Waals surface area contributed by atoms with Gasteiger partial charge in [-0.3, -0.25) is 4.79 Å². The van der Waals surface area contributed by atoms with Crippen molar-refractivity contribution in [1.82, 2.24) is 9.71 Å². The third-order valence-electron chi connectivity index (χ3n) is 2.10. The van der Waals surface area contributed by atoms with Crippen LogP contribution in [-0.4, -0.2) is 32.5 Å². The van der Waals surface area contributed by atoms with Gasteiger partial charge in [-0.25, -0.2) is 13.4 Å². The summed E-state index contributed by atoms with van der Waals surface area (Å²) in [5, 5.41) is -0.150. The minimum absolute atomic E-state index is 0.138. The first kappa shape index (κ1) is 14.3. The third kappa shape index (κ3) is 3.64. The molecule has 7 heteroatoms. The standard InChI is InChI=1S/C11H14N2O4S/c1-3-6-9(11(14)17-2)13-18(15,16)10-7-4-5-8-12-10/h3-5,7-9,13H,1,6H2,2H3/t9-/m0/s1. The molecule has 1 N–H and O–H groups in total. The third-order valence-corrected chi connectivity index (χ3v) is 3.49. The molecule has 98 valence electrons. The second-order valence-corrected chi connectivity index (χ2v) is 5.05. The molecule has 1 rings (SSSR count). The van der Waals surface area contributed by atoms with Crippen molar-refractivity contribution in [3.05, 3.63) is 37.1 Å². The van der Waals surface area contributed by atoms with Crippen molar-refractivity contribution in [2.45, 2.75) is 17.5 Å². The van der Waals surface area contributed by atoms with E-state index in [2.05, 4.69) is 21.0 Å². The molecule has 0 fully saturated rings. The molecule has 0 aliphatic heterocycles. The molecule has 0 unspecified atom stereocenters. The molecule has 0 spiro atoms. The molecule has 0 aliphatic carbocycles. The average Bonchev–Trinajstić information content (AvgIpc) is 2.38. The summed E-state index contributed by atoms with van der Waals surface area (Å²) in [7, 11) is -2.66. The number of esters is 1. The van der Waals surface area contributed by atoms with Crippen LogP contribution in [0, 0.1) is 0 Å². The summed E-state index contributed by atoms with van der Waals surface area (Å²) in [6.07, 6.45) is 2.93. The van der Waals surface area contributed by atoms with Gasteiger partial charge in [-0.15, -0.1) is 6.58 Å². The van der Waals surface area contributed by atoms with Crippen molar-refractivity contribution in [1.29, 1.82) is 0 Å². The molecule has 0 aliphatic rings. The summed E-state index contributed by atoms with van der Waals surface area (Å²) < 4.78 is 30.6. The lowest BCUT2D eigenvalue weighted by Gasteiger charge is -2.14. The Morgan fingerprint density at radius 2 is 2.33 bits per heavy atom. The van der Waals surface area contributed by atoms with Crippen molar-refractivity contribution in [2.75, 3.05) is 7.11 Å². The van der Waals surface area contributed by atoms with Crippen molar-refractivity contribution < 1.29 is 17.9 Å². The summed E-state index contributed by atoms with van der Waals surface area (Å²) >= 11 is 0. The molecule has 0 saturated heterocycles. The van der Waals surface area contributed by atoms with Gasteiger partial charge < -0.3 is 4.74 Å². The number of carbonyl (C=O) groups excluding carboxylic acids is 1. The summed E-state index contributed by atoms with van der Waals surface area (Å²) in [4.78, 5) is 15.1. The van der Waals surface area contributed by atoms with E-state index in [1.54, 1.807) is 12.1 Å². The summed E-state index contributed by atoms with van der Waals surface area (Å²) in [5.74, 6) is -0.672. The Morgan fingerprint density at radius 1 is 1.61 bits per heavy atom. The van der Waals surface area contributed by atoms with E-state index in [4.69, 9.17) is 0 Å². The molecular formula is C11H14N2O4S. The highest BCUT2D eigenvalue weighted by atomic mass is 32.2. The number of sulfonamides is 1. The van der Waals surface area contributed by atoms with E-state index in [1.165, 1.54) is 25.4 Å². The SMILES string of the molecule is C=CC[C@H](NS(=O)(=O)c1ccccn1)C(=O)OC. The van der Waals surface area contributed by atoms with Gasteiger partial charge in [-0.2, -0.15) is 4.72 Å². The number of aromatic nitrogens is 1. The Morgan fingerprint density at radius 3 is 2.83 bits per heavy atom. The summed E-state index contributed by atoms with van der Waals surface area (Å²) in [5.41, 5.74) is 0. The van der Waals surface area contributed by atoms with Crippen molar-refractivity contribution in [3.8, 4) is 0 Å². The van der Waals surface area contributed by atoms with Crippen molar-refractivity contribution in [2.24, 2.45) is 0 Å². The quantitative estimate of drug-likeness (QED) is 0.600. The van der Waals surface area contributed by atoms with Crippen LogP contribution in [0.2, 0.25) is 0 Å². The van der Waals surface area contributed by atoms with E-state index < -0.39 is 22.0 Å². The number of nitrogens with zero attached hydrogens (tertiary/aromatic N) is 1. The highest BCUT2D eigenvalue weighted by molar-refractivity contribution is 7.89. The topological polar surface area (TPSA) is 85.4 Å². The molecule has 1 aromatic rings. The molecule has 0 bridgehead atoms. The molecule has 0 aromatic carbocycles. The minimum atomic E-state index is -3.85. The maximum atomic E-state index is 11.9. The molecule has 0 radical (unpaired) electrons. The monoisotopic (exact) mass is 270 g/mol. The number of ether oxygens (including phenoxy) is 1. The van der Waals surface area contributed by atoms with Gasteiger partial charge in [0.2, 0.25) is 0 Å². The van der Waals surface area contributed by atoms with Crippen LogP contribution >= 0.6 is 0 Å². The number of hydrogen-bond donors (Lipinski definition) is 1. The van der Waals surface area contributed by atoms with Crippen molar-refractivity contribution in [3.63, 3.8) is 0 Å². The number of nitrogens with one attached hydrogen (secondary N) is 1. The zero-order chi connectivity index (χ0) is 13.6. The average molecular weight is 270 g/mol. The van der Waals surface area contributed by atoms with Gasteiger partial charge in [0.05, 0.1) is 7.11 Å². The first-order valence-electron chi connectivity index (χ1n) is 5.13. The van der Waals surface area contributed by atoms with Gasteiger partial charge >= 0.3 is 5.97 Å². The fourth-order valence-corrected chi connectivity index (χ4v) is 2.40. The van der Waals surface area contributed by atoms with E-state index in [9.17, 15) is 13.2 Å². The first-order chi connectivity index (χ1) is 8.51. The Kier molecular flexibility index (Phi) is 4.99. The zero-order valence-electron chi connectivity index (χ0n) is 9.87. The van der Waals surface area contributed by atoms with Crippen LogP contribution in [0.3, 0.4) is 0 Å². The predicted octanol–water partition coefficient (Wildman–Crippen LogP) is 0.478. The van der Waals surface area contributed by atoms with Gasteiger partial charge in [0.25, 0.3) is 10.0 Å². The lowest BCUT2D eigenvalue weighted by atomic mass is 10.2. The van der Waals surface area contributed by atoms with Crippen LogP contribution in [0.25, 0.3) is 0 Å². The molecule has 1 aromatic heterocycles. The number of rotatable bonds is 6. The fraction of sp³-hybridized carbons (Fsp3) is 0.273. The van der Waals surface area contributed by atoms with Crippen LogP contribution in [0.5, 0.6) is 0 Å². The van der Waals surface area contributed by atoms with Crippen LogP contribution in [0.15, 0.2) is 42.1 Å². The van der Waals surface area contributed by atoms with Gasteiger partial charge in [0.15, 0.2) is 5.03 Å². The van der Waals surface area contributed by atoms with Crippen LogP contribution in [0.1, 0.15) is 6.42 Å². The Bertz CT molecular complexity index is 513. The largest absolute Gasteiger partial charge is 0.468 e. The smallest absolute Gasteiger partial charge is 0.324 e.